The summed E-state index contributed by atoms with van der Waals surface area (Å²) >= 11 is 0. The number of amides is 1. The Labute approximate surface area is 132 Å². The zero-order valence-electron chi connectivity index (χ0n) is 13.2. The molecule has 0 fully saturated rings. The number of carbonyl (C=O) groups is 1. The molecule has 2 aromatic rings. The van der Waals surface area contributed by atoms with Crippen molar-refractivity contribution < 1.29 is 4.79 Å². The van der Waals surface area contributed by atoms with E-state index < -0.39 is 0 Å². The zero-order valence-corrected chi connectivity index (χ0v) is 13.2. The van der Waals surface area contributed by atoms with Crippen molar-refractivity contribution in [2.45, 2.75) is 33.1 Å². The first-order valence-corrected chi connectivity index (χ1v) is 7.57. The summed E-state index contributed by atoms with van der Waals surface area (Å²) < 4.78 is 0. The average molecular weight is 294 g/mol. The van der Waals surface area contributed by atoms with Crippen molar-refractivity contribution in [1.82, 2.24) is 0 Å². The van der Waals surface area contributed by atoms with Gasteiger partial charge in [-0.25, -0.2) is 0 Å². The van der Waals surface area contributed by atoms with Crippen molar-refractivity contribution in [2.24, 2.45) is 0 Å². The second-order valence-corrected chi connectivity index (χ2v) is 4.57. The highest BCUT2D eigenvalue weighted by molar-refractivity contribution is 5.91. The number of hydrogen-bond donors (Lipinski definition) is 1. The lowest BCUT2D eigenvalue weighted by atomic mass is 10.0. The van der Waals surface area contributed by atoms with Crippen LogP contribution < -0.4 is 5.32 Å². The van der Waals surface area contributed by atoms with E-state index in [1.807, 2.05) is 62.4 Å². The third kappa shape index (κ3) is 6.23. The van der Waals surface area contributed by atoms with Crippen LogP contribution in [0.5, 0.6) is 0 Å². The highest BCUT2D eigenvalue weighted by Gasteiger charge is 2.01. The van der Waals surface area contributed by atoms with Gasteiger partial charge in [0, 0.05) is 5.69 Å². The maximum absolute atomic E-state index is 11.3. The van der Waals surface area contributed by atoms with Crippen LogP contribution in [0.1, 0.15) is 31.4 Å². The minimum atomic E-state index is -0.274. The summed E-state index contributed by atoms with van der Waals surface area (Å²) in [5, 5.41) is 11.1. The molecule has 3 heteroatoms. The lowest BCUT2D eigenvalue weighted by Crippen LogP contribution is -2.09. The Morgan fingerprint density at radius 3 is 2.05 bits per heavy atom. The highest BCUT2D eigenvalue weighted by atomic mass is 16.1. The van der Waals surface area contributed by atoms with Gasteiger partial charge in [-0.1, -0.05) is 56.3 Å². The van der Waals surface area contributed by atoms with Crippen molar-refractivity contribution >= 4 is 11.6 Å². The molecule has 1 amide bonds. The van der Waals surface area contributed by atoms with Gasteiger partial charge in [-0.05, 0) is 36.1 Å². The normalized spacial score (nSPS) is 9.14. The van der Waals surface area contributed by atoms with E-state index in [9.17, 15) is 4.79 Å². The SMILES string of the molecule is CC.N#CCC(=O)Nc1ccc(CCc2ccccc2)cc1. The molecule has 2 aromatic carbocycles. The van der Waals surface area contributed by atoms with E-state index in [4.69, 9.17) is 5.26 Å². The van der Waals surface area contributed by atoms with E-state index in [2.05, 4.69) is 17.4 Å². The fourth-order valence-corrected chi connectivity index (χ4v) is 1.97. The molecule has 2 rings (SSSR count). The number of rotatable bonds is 5. The Morgan fingerprint density at radius 1 is 0.955 bits per heavy atom. The second-order valence-electron chi connectivity index (χ2n) is 4.57. The zero-order chi connectivity index (χ0) is 16.2. The molecule has 3 nitrogen and oxygen atoms in total. The van der Waals surface area contributed by atoms with Crippen molar-refractivity contribution in [2.75, 3.05) is 5.32 Å². The molecule has 0 saturated carbocycles. The monoisotopic (exact) mass is 294 g/mol. The summed E-state index contributed by atoms with van der Waals surface area (Å²) in [5.41, 5.74) is 3.28. The van der Waals surface area contributed by atoms with E-state index in [0.717, 1.165) is 18.5 Å². The first kappa shape index (κ1) is 17.5. The molecule has 22 heavy (non-hydrogen) atoms. The molecule has 0 atom stereocenters. The number of benzene rings is 2. The molecule has 0 radical (unpaired) electrons. The van der Waals surface area contributed by atoms with Gasteiger partial charge in [0.1, 0.15) is 6.42 Å². The van der Waals surface area contributed by atoms with Gasteiger partial charge in [-0.2, -0.15) is 5.26 Å². The smallest absolute Gasteiger partial charge is 0.238 e. The van der Waals surface area contributed by atoms with Gasteiger partial charge in [-0.15, -0.1) is 0 Å². The molecule has 114 valence electrons. The summed E-state index contributed by atoms with van der Waals surface area (Å²) in [6.45, 7) is 4.00. The molecular weight excluding hydrogens is 272 g/mol. The van der Waals surface area contributed by atoms with Crippen molar-refractivity contribution in [3.63, 3.8) is 0 Å². The van der Waals surface area contributed by atoms with Gasteiger partial charge in [-0.3, -0.25) is 4.79 Å². The number of nitrogens with zero attached hydrogens (tertiary/aromatic N) is 1. The predicted molar refractivity (Wildman–Crippen MR) is 90.5 cm³/mol. The molecule has 0 aliphatic carbocycles. The Kier molecular flexibility index (Phi) is 8.07. The lowest BCUT2D eigenvalue weighted by molar-refractivity contribution is -0.115. The van der Waals surface area contributed by atoms with E-state index >= 15 is 0 Å². The van der Waals surface area contributed by atoms with E-state index in [0.29, 0.717) is 0 Å². The average Bonchev–Trinajstić information content (AvgIpc) is 2.57. The fourth-order valence-electron chi connectivity index (χ4n) is 1.97. The summed E-state index contributed by atoms with van der Waals surface area (Å²) in [6, 6.07) is 19.9. The van der Waals surface area contributed by atoms with Gasteiger partial charge in [0.05, 0.1) is 6.07 Å². The Morgan fingerprint density at radius 2 is 1.50 bits per heavy atom. The Bertz CT molecular complexity index is 598. The molecule has 0 aliphatic heterocycles. The van der Waals surface area contributed by atoms with Crippen LogP contribution in [0.3, 0.4) is 0 Å². The number of nitriles is 1. The lowest BCUT2D eigenvalue weighted by Gasteiger charge is -2.05. The van der Waals surface area contributed by atoms with E-state index in [1.165, 1.54) is 11.1 Å². The summed E-state index contributed by atoms with van der Waals surface area (Å²) in [4.78, 5) is 11.3. The van der Waals surface area contributed by atoms with Gasteiger partial charge in [0.15, 0.2) is 0 Å². The van der Waals surface area contributed by atoms with E-state index in [1.54, 1.807) is 0 Å². The molecule has 0 aromatic heterocycles. The number of anilines is 1. The third-order valence-electron chi connectivity index (χ3n) is 3.02. The molecule has 1 N–H and O–H groups in total. The van der Waals surface area contributed by atoms with Crippen LogP contribution in [0.25, 0.3) is 0 Å². The minimum Gasteiger partial charge on any atom is -0.325 e. The molecule has 0 aliphatic rings. The minimum absolute atomic E-state index is 0.115. The molecule has 0 bridgehead atoms. The van der Waals surface area contributed by atoms with Crippen LogP contribution in [0, 0.1) is 11.3 Å². The Balaban J connectivity index is 0.00000116. The number of aryl methyl sites for hydroxylation is 2. The number of hydrogen-bond acceptors (Lipinski definition) is 2. The molecular formula is C19H22N2O. The summed E-state index contributed by atoms with van der Waals surface area (Å²) in [6.07, 6.45) is 1.85. The first-order valence-electron chi connectivity index (χ1n) is 7.57. The largest absolute Gasteiger partial charge is 0.325 e. The fraction of sp³-hybridized carbons (Fsp3) is 0.263. The molecule has 0 saturated heterocycles. The van der Waals surface area contributed by atoms with Crippen molar-refractivity contribution in [3.8, 4) is 6.07 Å². The predicted octanol–water partition coefficient (Wildman–Crippen LogP) is 4.35. The van der Waals surface area contributed by atoms with Crippen LogP contribution in [0.2, 0.25) is 0 Å². The number of nitrogens with one attached hydrogen (secondary N) is 1. The van der Waals surface area contributed by atoms with Gasteiger partial charge >= 0.3 is 0 Å². The maximum atomic E-state index is 11.3. The standard InChI is InChI=1S/C17H16N2O.C2H6/c18-13-12-17(20)19-16-10-8-15(9-11-16)7-6-14-4-2-1-3-5-14;1-2/h1-5,8-11H,6-7,12H2,(H,19,20);1-2H3. The van der Waals surface area contributed by atoms with Crippen LogP contribution in [0.4, 0.5) is 5.69 Å². The summed E-state index contributed by atoms with van der Waals surface area (Å²) in [7, 11) is 0. The van der Waals surface area contributed by atoms with Crippen LogP contribution >= 0.6 is 0 Å². The topological polar surface area (TPSA) is 52.9 Å². The van der Waals surface area contributed by atoms with Gasteiger partial charge in [0.2, 0.25) is 5.91 Å². The van der Waals surface area contributed by atoms with Crippen LogP contribution in [0.15, 0.2) is 54.6 Å². The second kappa shape index (κ2) is 10.2. The highest BCUT2D eigenvalue weighted by Crippen LogP contribution is 2.12. The van der Waals surface area contributed by atoms with Gasteiger partial charge < -0.3 is 5.32 Å². The maximum Gasteiger partial charge on any atom is 0.238 e. The quantitative estimate of drug-likeness (QED) is 0.891. The van der Waals surface area contributed by atoms with E-state index in [-0.39, 0.29) is 12.3 Å². The van der Waals surface area contributed by atoms with Crippen LogP contribution in [-0.4, -0.2) is 5.91 Å². The van der Waals surface area contributed by atoms with Crippen molar-refractivity contribution in [1.29, 1.82) is 5.26 Å². The van der Waals surface area contributed by atoms with Crippen molar-refractivity contribution in [3.05, 3.63) is 65.7 Å². The Hall–Kier alpha value is -2.60. The first-order chi connectivity index (χ1) is 10.8. The number of carbonyl (C=O) groups excluding carboxylic acids is 1. The van der Waals surface area contributed by atoms with Crippen LogP contribution in [-0.2, 0) is 17.6 Å². The summed E-state index contributed by atoms with van der Waals surface area (Å²) in [5.74, 6) is -0.274. The van der Waals surface area contributed by atoms with Gasteiger partial charge in [0.25, 0.3) is 0 Å². The molecule has 0 spiro atoms. The molecule has 0 heterocycles. The molecule has 0 unspecified atom stereocenters. The third-order valence-corrected chi connectivity index (χ3v) is 3.02.